The van der Waals surface area contributed by atoms with Crippen molar-refractivity contribution in [3.63, 3.8) is 0 Å². The molecule has 0 aliphatic carbocycles. The van der Waals surface area contributed by atoms with E-state index in [-0.39, 0.29) is 30.8 Å². The minimum Gasteiger partial charge on any atom is -0.392 e. The summed E-state index contributed by atoms with van der Waals surface area (Å²) in [5, 5.41) is 15.6. The van der Waals surface area contributed by atoms with Gasteiger partial charge in [-0.3, -0.25) is 4.90 Å². The van der Waals surface area contributed by atoms with Gasteiger partial charge in [-0.15, -0.1) is 0 Å². The summed E-state index contributed by atoms with van der Waals surface area (Å²) in [6.07, 6.45) is 4.45. The van der Waals surface area contributed by atoms with Gasteiger partial charge in [0.05, 0.1) is 18.8 Å². The second kappa shape index (κ2) is 17.0. The van der Waals surface area contributed by atoms with Gasteiger partial charge in [0.1, 0.15) is 0 Å². The van der Waals surface area contributed by atoms with Crippen LogP contribution in [0.2, 0.25) is 0 Å². The summed E-state index contributed by atoms with van der Waals surface area (Å²) in [5.74, 6) is 0.145. The molecule has 0 spiro atoms. The quantitative estimate of drug-likeness (QED) is 0.146. The van der Waals surface area contributed by atoms with Crippen molar-refractivity contribution in [1.29, 1.82) is 0 Å². The Morgan fingerprint density at radius 2 is 1.43 bits per heavy atom. The van der Waals surface area contributed by atoms with Crippen LogP contribution in [0.3, 0.4) is 0 Å². The third kappa shape index (κ3) is 9.07. The topological polar surface area (TPSA) is 86.3 Å². The standard InChI is InChI=1S/C43H52N4O4/c1-31-40(29-47-23-9-16-39(47)28-46-21-5-6-22-46)50-42(51-41(31)35-19-17-33(30-48)18-20-35)38-15-8-14-37(25-38)36-13-7-12-34(24-36)27-45-43(49)44-26-32-10-3-2-4-11-32/h2-4,7-8,10-15,17-20,24-25,31,39-42,48H,5-6,9,16,21-23,26-30H2,1H3,(H2,44,45,49)/t31-,39-,40+,41+,42+/m0/s1. The predicted octanol–water partition coefficient (Wildman–Crippen LogP) is 7.20. The lowest BCUT2D eigenvalue weighted by Crippen LogP contribution is -2.48. The Morgan fingerprint density at radius 1 is 0.725 bits per heavy atom. The fourth-order valence-corrected chi connectivity index (χ4v) is 7.91. The lowest BCUT2D eigenvalue weighted by molar-refractivity contribution is -0.276. The fourth-order valence-electron chi connectivity index (χ4n) is 7.91. The molecule has 8 heteroatoms. The van der Waals surface area contributed by atoms with Gasteiger partial charge < -0.3 is 30.1 Å². The van der Waals surface area contributed by atoms with Crippen LogP contribution in [-0.4, -0.2) is 65.8 Å². The highest BCUT2D eigenvalue weighted by atomic mass is 16.7. The molecule has 3 heterocycles. The molecule has 3 N–H and O–H groups in total. The highest BCUT2D eigenvalue weighted by Crippen LogP contribution is 2.43. The lowest BCUT2D eigenvalue weighted by Gasteiger charge is -2.43. The number of hydrogen-bond acceptors (Lipinski definition) is 6. The number of nitrogens with one attached hydrogen (secondary N) is 2. The smallest absolute Gasteiger partial charge is 0.315 e. The largest absolute Gasteiger partial charge is 0.392 e. The number of benzene rings is 4. The van der Waals surface area contributed by atoms with Crippen molar-refractivity contribution in [2.24, 2.45) is 5.92 Å². The number of carbonyl (C=O) groups is 1. The van der Waals surface area contributed by atoms with Crippen LogP contribution in [0.15, 0.2) is 103 Å². The number of hydrogen-bond donors (Lipinski definition) is 3. The Labute approximate surface area is 302 Å². The van der Waals surface area contributed by atoms with Gasteiger partial charge in [-0.2, -0.15) is 0 Å². The number of nitrogens with zero attached hydrogens (tertiary/aromatic N) is 2. The molecule has 0 saturated carbocycles. The molecular formula is C43H52N4O4. The number of aliphatic hydroxyl groups excluding tert-OH is 1. The van der Waals surface area contributed by atoms with Crippen molar-refractivity contribution in [2.45, 2.75) is 76.8 Å². The summed E-state index contributed by atoms with van der Waals surface area (Å²) in [6.45, 7) is 8.79. The van der Waals surface area contributed by atoms with Gasteiger partial charge in [0.25, 0.3) is 0 Å². The van der Waals surface area contributed by atoms with Crippen LogP contribution in [0.5, 0.6) is 0 Å². The van der Waals surface area contributed by atoms with E-state index in [1.807, 2.05) is 54.6 Å². The average molecular weight is 689 g/mol. The Balaban J connectivity index is 1.06. The first kappa shape index (κ1) is 35.4. The molecule has 0 radical (unpaired) electrons. The summed E-state index contributed by atoms with van der Waals surface area (Å²) in [7, 11) is 0. The number of aliphatic hydroxyl groups is 1. The van der Waals surface area contributed by atoms with Gasteiger partial charge in [-0.25, -0.2) is 4.79 Å². The third-order valence-electron chi connectivity index (χ3n) is 10.9. The van der Waals surface area contributed by atoms with E-state index in [2.05, 4.69) is 75.9 Å². The van der Waals surface area contributed by atoms with Crippen LogP contribution >= 0.6 is 0 Å². The zero-order valence-electron chi connectivity index (χ0n) is 29.8. The Hall–Kier alpha value is -4.05. The molecule has 3 aliphatic rings. The molecule has 51 heavy (non-hydrogen) atoms. The summed E-state index contributed by atoms with van der Waals surface area (Å²) in [5.41, 5.74) is 7.21. The molecule has 2 amide bonds. The highest BCUT2D eigenvalue weighted by molar-refractivity contribution is 5.74. The second-order valence-corrected chi connectivity index (χ2v) is 14.5. The number of carbonyl (C=O) groups excluding carboxylic acids is 1. The van der Waals surface area contributed by atoms with Crippen molar-refractivity contribution in [3.05, 3.63) is 131 Å². The van der Waals surface area contributed by atoms with Gasteiger partial charge in [-0.05, 0) is 90.8 Å². The molecule has 268 valence electrons. The van der Waals surface area contributed by atoms with E-state index in [0.717, 1.165) is 58.6 Å². The van der Waals surface area contributed by atoms with Gasteiger partial charge >= 0.3 is 6.03 Å². The fraction of sp³-hybridized carbons (Fsp3) is 0.419. The van der Waals surface area contributed by atoms with Crippen LogP contribution in [0, 0.1) is 5.92 Å². The first-order chi connectivity index (χ1) is 25.0. The Bertz CT molecular complexity index is 1710. The maximum atomic E-state index is 12.5. The van der Waals surface area contributed by atoms with Crippen molar-refractivity contribution in [1.82, 2.24) is 20.4 Å². The number of likely N-dealkylation sites (tertiary alicyclic amines) is 2. The summed E-state index contributed by atoms with van der Waals surface area (Å²) >= 11 is 0. The molecule has 3 fully saturated rings. The van der Waals surface area contributed by atoms with Gasteiger partial charge in [0, 0.05) is 43.7 Å². The van der Waals surface area contributed by atoms with Crippen LogP contribution in [0.25, 0.3) is 11.1 Å². The zero-order chi connectivity index (χ0) is 35.0. The molecule has 8 nitrogen and oxygen atoms in total. The van der Waals surface area contributed by atoms with E-state index in [4.69, 9.17) is 9.47 Å². The average Bonchev–Trinajstić information content (AvgIpc) is 3.87. The monoisotopic (exact) mass is 688 g/mol. The van der Waals surface area contributed by atoms with Gasteiger partial charge in [-0.1, -0.05) is 97.9 Å². The molecule has 0 aromatic heterocycles. The highest BCUT2D eigenvalue weighted by Gasteiger charge is 2.41. The van der Waals surface area contributed by atoms with Crippen molar-refractivity contribution >= 4 is 6.03 Å². The third-order valence-corrected chi connectivity index (χ3v) is 10.9. The molecule has 4 aromatic rings. The molecule has 7 rings (SSSR count). The SMILES string of the molecule is C[C@H]1[C@@H](CN2CCC[C@H]2CN2CCCC2)O[C@@H](c2cccc(-c3cccc(CNC(=O)NCc4ccccc4)c3)c2)O[C@H]1c1ccc(CO)cc1. The molecule has 3 saturated heterocycles. The summed E-state index contributed by atoms with van der Waals surface area (Å²) < 4.78 is 13.8. The first-order valence-electron chi connectivity index (χ1n) is 18.7. The molecule has 3 aliphatic heterocycles. The minimum absolute atomic E-state index is 0.00320. The van der Waals surface area contributed by atoms with E-state index < -0.39 is 6.29 Å². The minimum atomic E-state index is -0.522. The molecule has 5 atom stereocenters. The van der Waals surface area contributed by atoms with E-state index in [1.165, 1.54) is 38.8 Å². The van der Waals surface area contributed by atoms with E-state index in [9.17, 15) is 9.90 Å². The number of ether oxygens (including phenoxy) is 2. The van der Waals surface area contributed by atoms with E-state index in [1.54, 1.807) is 0 Å². The number of rotatable bonds is 12. The van der Waals surface area contributed by atoms with Crippen LogP contribution in [-0.2, 0) is 29.2 Å². The maximum absolute atomic E-state index is 12.5. The number of amides is 2. The molecule has 0 bridgehead atoms. The van der Waals surface area contributed by atoms with Crippen LogP contribution in [0.1, 0.15) is 72.8 Å². The Morgan fingerprint density at radius 3 is 2.20 bits per heavy atom. The summed E-state index contributed by atoms with van der Waals surface area (Å²) in [6, 6.07) is 35.2. The molecular weight excluding hydrogens is 636 g/mol. The molecule has 4 aromatic carbocycles. The molecule has 0 unspecified atom stereocenters. The lowest BCUT2D eigenvalue weighted by atomic mass is 9.89. The van der Waals surface area contributed by atoms with Gasteiger partial charge in [0.2, 0.25) is 0 Å². The summed E-state index contributed by atoms with van der Waals surface area (Å²) in [4.78, 5) is 17.8. The van der Waals surface area contributed by atoms with Crippen LogP contribution < -0.4 is 10.6 Å². The Kier molecular flexibility index (Phi) is 11.8. The van der Waals surface area contributed by atoms with E-state index in [0.29, 0.717) is 19.1 Å². The normalized spacial score (nSPS) is 24.1. The van der Waals surface area contributed by atoms with Crippen LogP contribution in [0.4, 0.5) is 4.79 Å². The predicted molar refractivity (Wildman–Crippen MR) is 201 cm³/mol. The van der Waals surface area contributed by atoms with Crippen molar-refractivity contribution in [3.8, 4) is 11.1 Å². The first-order valence-corrected chi connectivity index (χ1v) is 18.7. The van der Waals surface area contributed by atoms with Gasteiger partial charge in [0.15, 0.2) is 6.29 Å². The maximum Gasteiger partial charge on any atom is 0.315 e. The number of urea groups is 1. The van der Waals surface area contributed by atoms with Crippen molar-refractivity contribution < 1.29 is 19.4 Å². The zero-order valence-corrected chi connectivity index (χ0v) is 29.8. The van der Waals surface area contributed by atoms with Crippen molar-refractivity contribution in [2.75, 3.05) is 32.7 Å². The second-order valence-electron chi connectivity index (χ2n) is 14.5. The van der Waals surface area contributed by atoms with E-state index >= 15 is 0 Å².